The Morgan fingerprint density at radius 1 is 0.870 bits per heavy atom. The SMILES string of the molecule is O=S(=O)(Nc1cccc2ccccc12)c1cccc2nsnc12. The van der Waals surface area contributed by atoms with Crippen LogP contribution in [0.25, 0.3) is 21.8 Å². The lowest BCUT2D eigenvalue weighted by atomic mass is 10.1. The van der Waals surface area contributed by atoms with Gasteiger partial charge in [0, 0.05) is 5.39 Å². The standard InChI is InChI=1S/C16H11N3O2S2/c20-23(21,15-10-4-9-14-16(15)18-22-17-14)19-13-8-3-6-11-5-1-2-7-12(11)13/h1-10,19H. The fourth-order valence-corrected chi connectivity index (χ4v) is 4.36. The van der Waals surface area contributed by atoms with E-state index >= 15 is 0 Å². The highest BCUT2D eigenvalue weighted by atomic mass is 32.2. The molecule has 3 aromatic carbocycles. The van der Waals surface area contributed by atoms with Gasteiger partial charge in [-0.15, -0.1) is 0 Å². The number of aromatic nitrogens is 2. The van der Waals surface area contributed by atoms with E-state index in [2.05, 4.69) is 13.5 Å². The van der Waals surface area contributed by atoms with E-state index in [1.165, 1.54) is 6.07 Å². The highest BCUT2D eigenvalue weighted by Crippen LogP contribution is 2.27. The van der Waals surface area contributed by atoms with E-state index in [0.29, 0.717) is 16.7 Å². The van der Waals surface area contributed by atoms with Crippen LogP contribution in [0, 0.1) is 0 Å². The maximum atomic E-state index is 12.8. The van der Waals surface area contributed by atoms with Gasteiger partial charge in [0.2, 0.25) is 0 Å². The molecule has 0 aliphatic carbocycles. The first-order valence-corrected chi connectivity index (χ1v) is 9.08. The highest BCUT2D eigenvalue weighted by Gasteiger charge is 2.20. The van der Waals surface area contributed by atoms with Crippen molar-refractivity contribution in [1.82, 2.24) is 8.75 Å². The molecule has 0 fully saturated rings. The molecule has 0 aliphatic heterocycles. The van der Waals surface area contributed by atoms with Crippen molar-refractivity contribution in [2.75, 3.05) is 4.72 Å². The molecule has 1 N–H and O–H groups in total. The van der Waals surface area contributed by atoms with Gasteiger partial charge in [0.25, 0.3) is 10.0 Å². The topological polar surface area (TPSA) is 72.0 Å². The molecule has 1 aromatic heterocycles. The molecule has 4 aromatic rings. The maximum Gasteiger partial charge on any atom is 0.264 e. The minimum Gasteiger partial charge on any atom is -0.279 e. The Morgan fingerprint density at radius 2 is 1.65 bits per heavy atom. The van der Waals surface area contributed by atoms with E-state index < -0.39 is 10.0 Å². The number of fused-ring (bicyclic) bond motifs is 2. The molecule has 1 heterocycles. The Hall–Kier alpha value is -2.51. The quantitative estimate of drug-likeness (QED) is 0.617. The molecule has 114 valence electrons. The summed E-state index contributed by atoms with van der Waals surface area (Å²) in [6.45, 7) is 0. The van der Waals surface area contributed by atoms with Gasteiger partial charge in [-0.3, -0.25) is 4.72 Å². The van der Waals surface area contributed by atoms with E-state index in [4.69, 9.17) is 0 Å². The zero-order valence-electron chi connectivity index (χ0n) is 11.8. The van der Waals surface area contributed by atoms with Crippen molar-refractivity contribution < 1.29 is 8.42 Å². The number of nitrogens with zero attached hydrogens (tertiary/aromatic N) is 2. The summed E-state index contributed by atoms with van der Waals surface area (Å²) in [4.78, 5) is 0.136. The molecule has 0 atom stereocenters. The fraction of sp³-hybridized carbons (Fsp3) is 0. The second kappa shape index (κ2) is 5.29. The largest absolute Gasteiger partial charge is 0.279 e. The molecule has 7 heteroatoms. The van der Waals surface area contributed by atoms with Crippen LogP contribution in [0.3, 0.4) is 0 Å². The minimum atomic E-state index is -3.75. The van der Waals surface area contributed by atoms with Gasteiger partial charge in [0.1, 0.15) is 15.9 Å². The number of sulfonamides is 1. The molecule has 0 saturated heterocycles. The lowest BCUT2D eigenvalue weighted by Crippen LogP contribution is -2.13. The van der Waals surface area contributed by atoms with Gasteiger partial charge < -0.3 is 0 Å². The van der Waals surface area contributed by atoms with Crippen LogP contribution in [-0.4, -0.2) is 17.2 Å². The van der Waals surface area contributed by atoms with Gasteiger partial charge in [0.15, 0.2) is 0 Å². The van der Waals surface area contributed by atoms with E-state index in [-0.39, 0.29) is 4.90 Å². The van der Waals surface area contributed by atoms with Crippen molar-refractivity contribution in [1.29, 1.82) is 0 Å². The van der Waals surface area contributed by atoms with Crippen LogP contribution in [0.4, 0.5) is 5.69 Å². The molecule has 23 heavy (non-hydrogen) atoms. The number of hydrogen-bond acceptors (Lipinski definition) is 5. The third kappa shape index (κ3) is 2.43. The van der Waals surface area contributed by atoms with Gasteiger partial charge in [-0.05, 0) is 23.6 Å². The first-order chi connectivity index (χ1) is 11.1. The van der Waals surface area contributed by atoms with Crippen molar-refractivity contribution in [3.63, 3.8) is 0 Å². The Balaban J connectivity index is 1.85. The zero-order chi connectivity index (χ0) is 15.9. The fourth-order valence-electron chi connectivity index (χ4n) is 2.51. The van der Waals surface area contributed by atoms with Crippen molar-refractivity contribution in [2.45, 2.75) is 4.90 Å². The van der Waals surface area contributed by atoms with E-state index in [1.54, 1.807) is 18.2 Å². The van der Waals surface area contributed by atoms with Gasteiger partial charge in [-0.25, -0.2) is 8.42 Å². The summed E-state index contributed by atoms with van der Waals surface area (Å²) in [5, 5.41) is 1.82. The van der Waals surface area contributed by atoms with Crippen molar-refractivity contribution in [2.24, 2.45) is 0 Å². The normalized spacial score (nSPS) is 11.8. The molecule has 0 radical (unpaired) electrons. The summed E-state index contributed by atoms with van der Waals surface area (Å²) in [6.07, 6.45) is 0. The average Bonchev–Trinajstić information content (AvgIpc) is 3.03. The van der Waals surface area contributed by atoms with Crippen molar-refractivity contribution in [3.05, 3.63) is 60.7 Å². The highest BCUT2D eigenvalue weighted by molar-refractivity contribution is 7.93. The second-order valence-electron chi connectivity index (χ2n) is 5.02. The van der Waals surface area contributed by atoms with Gasteiger partial charge in [0.05, 0.1) is 17.4 Å². The molecule has 0 spiro atoms. The second-order valence-corrected chi connectivity index (χ2v) is 7.20. The van der Waals surface area contributed by atoms with E-state index in [9.17, 15) is 8.42 Å². The zero-order valence-corrected chi connectivity index (χ0v) is 13.4. The third-order valence-electron chi connectivity index (χ3n) is 3.57. The van der Waals surface area contributed by atoms with Gasteiger partial charge >= 0.3 is 0 Å². The van der Waals surface area contributed by atoms with Crippen molar-refractivity contribution >= 4 is 49.2 Å². The molecular weight excluding hydrogens is 330 g/mol. The van der Waals surface area contributed by atoms with Crippen LogP contribution in [0.1, 0.15) is 0 Å². The molecular formula is C16H11N3O2S2. The number of nitrogens with one attached hydrogen (secondary N) is 1. The third-order valence-corrected chi connectivity index (χ3v) is 5.51. The summed E-state index contributed by atoms with van der Waals surface area (Å²) in [6, 6.07) is 18.1. The van der Waals surface area contributed by atoms with Crippen LogP contribution in [0.5, 0.6) is 0 Å². The summed E-state index contributed by atoms with van der Waals surface area (Å²) < 4.78 is 36.4. The molecule has 4 rings (SSSR count). The van der Waals surface area contributed by atoms with Crippen LogP contribution in [-0.2, 0) is 10.0 Å². The average molecular weight is 341 g/mol. The molecule has 0 bridgehead atoms. The van der Waals surface area contributed by atoms with Crippen LogP contribution < -0.4 is 4.72 Å². The first kappa shape index (κ1) is 14.1. The minimum absolute atomic E-state index is 0.136. The van der Waals surface area contributed by atoms with Crippen LogP contribution in [0.2, 0.25) is 0 Å². The monoisotopic (exact) mass is 341 g/mol. The number of hydrogen-bond donors (Lipinski definition) is 1. The van der Waals surface area contributed by atoms with Crippen LogP contribution >= 0.6 is 11.7 Å². The number of benzene rings is 3. The van der Waals surface area contributed by atoms with E-state index in [1.807, 2.05) is 36.4 Å². The van der Waals surface area contributed by atoms with Gasteiger partial charge in [-0.1, -0.05) is 42.5 Å². The molecule has 5 nitrogen and oxygen atoms in total. The maximum absolute atomic E-state index is 12.8. The Kier molecular flexibility index (Phi) is 3.24. The molecule has 0 aliphatic rings. The molecule has 0 amide bonds. The predicted octanol–water partition coefficient (Wildman–Crippen LogP) is 3.65. The Morgan fingerprint density at radius 3 is 2.57 bits per heavy atom. The predicted molar refractivity (Wildman–Crippen MR) is 92.2 cm³/mol. The summed E-state index contributed by atoms with van der Waals surface area (Å²) in [7, 11) is -3.75. The number of rotatable bonds is 3. The summed E-state index contributed by atoms with van der Waals surface area (Å²) >= 11 is 1.000. The smallest absolute Gasteiger partial charge is 0.264 e. The Bertz CT molecular complexity index is 1120. The van der Waals surface area contributed by atoms with Gasteiger partial charge in [-0.2, -0.15) is 8.75 Å². The lowest BCUT2D eigenvalue weighted by molar-refractivity contribution is 0.602. The summed E-state index contributed by atoms with van der Waals surface area (Å²) in [5.41, 5.74) is 1.52. The Labute approximate surface area is 137 Å². The lowest BCUT2D eigenvalue weighted by Gasteiger charge is -2.11. The molecule has 0 unspecified atom stereocenters. The van der Waals surface area contributed by atoms with Crippen LogP contribution in [0.15, 0.2) is 65.6 Å². The first-order valence-electron chi connectivity index (χ1n) is 6.87. The summed E-state index contributed by atoms with van der Waals surface area (Å²) in [5.74, 6) is 0. The van der Waals surface area contributed by atoms with Crippen molar-refractivity contribution in [3.8, 4) is 0 Å². The number of anilines is 1. The molecule has 0 saturated carbocycles. The van der Waals surface area contributed by atoms with E-state index in [0.717, 1.165) is 22.5 Å².